The summed E-state index contributed by atoms with van der Waals surface area (Å²) in [6.07, 6.45) is 1.75. The Morgan fingerprint density at radius 3 is 2.40 bits per heavy atom. The number of aliphatic imine (C=N–C) groups is 1. The number of carbonyl (C=O) groups is 1. The van der Waals surface area contributed by atoms with Crippen molar-refractivity contribution in [3.63, 3.8) is 0 Å². The number of rotatable bonds is 5. The van der Waals surface area contributed by atoms with E-state index in [-0.39, 0.29) is 6.61 Å². The molecule has 0 unspecified atom stereocenters. The molecule has 2 rings (SSSR count). The van der Waals surface area contributed by atoms with Crippen molar-refractivity contribution in [1.82, 2.24) is 0 Å². The number of ether oxygens (including phenoxy) is 1. The summed E-state index contributed by atoms with van der Waals surface area (Å²) in [5.74, 6) is -0.465. The Morgan fingerprint density at radius 2 is 1.80 bits per heavy atom. The molecule has 0 atom stereocenters. The summed E-state index contributed by atoms with van der Waals surface area (Å²) in [6.45, 7) is -0.337. The minimum absolute atomic E-state index is 0.337. The van der Waals surface area contributed by atoms with E-state index in [1.807, 2.05) is 36.4 Å². The molecular weight excluding hydrogens is 369 g/mol. The molecule has 4 nitrogen and oxygen atoms in total. The molecule has 0 spiro atoms. The Bertz CT molecular complexity index is 606. The molecule has 0 amide bonds. The van der Waals surface area contributed by atoms with Crippen molar-refractivity contribution in [3.05, 3.63) is 57.7 Å². The molecule has 0 aromatic heterocycles. The number of halogens is 1. The van der Waals surface area contributed by atoms with Crippen LogP contribution in [0.3, 0.4) is 0 Å². The molecule has 0 saturated heterocycles. The summed E-state index contributed by atoms with van der Waals surface area (Å²) in [5.41, 5.74) is 1.81. The molecule has 1 N–H and O–H groups in total. The average Bonchev–Trinajstić information content (AvgIpc) is 2.45. The molecule has 5 heteroatoms. The molecule has 2 aromatic rings. The van der Waals surface area contributed by atoms with Crippen molar-refractivity contribution < 1.29 is 14.6 Å². The van der Waals surface area contributed by atoms with Gasteiger partial charge < -0.3 is 9.84 Å². The van der Waals surface area contributed by atoms with Crippen molar-refractivity contribution >= 4 is 40.5 Å². The maximum atomic E-state index is 10.4. The van der Waals surface area contributed by atoms with Gasteiger partial charge in [0, 0.05) is 9.78 Å². The van der Waals surface area contributed by atoms with Gasteiger partial charge in [0.25, 0.3) is 0 Å². The molecule has 102 valence electrons. The lowest BCUT2D eigenvalue weighted by molar-refractivity contribution is -0.139. The van der Waals surface area contributed by atoms with Gasteiger partial charge in [0.15, 0.2) is 6.61 Å². The summed E-state index contributed by atoms with van der Waals surface area (Å²) >= 11 is 2.24. The van der Waals surface area contributed by atoms with Crippen molar-refractivity contribution in [2.45, 2.75) is 0 Å². The molecule has 0 bridgehead atoms. The number of hydrogen-bond donors (Lipinski definition) is 1. The maximum absolute atomic E-state index is 10.4. The smallest absolute Gasteiger partial charge is 0.341 e. The van der Waals surface area contributed by atoms with E-state index in [2.05, 4.69) is 27.6 Å². The molecule has 0 fully saturated rings. The number of nitrogens with zero attached hydrogens (tertiary/aromatic N) is 1. The lowest BCUT2D eigenvalue weighted by Crippen LogP contribution is -2.09. The maximum Gasteiger partial charge on any atom is 0.341 e. The van der Waals surface area contributed by atoms with E-state index in [0.29, 0.717) is 5.75 Å². The highest BCUT2D eigenvalue weighted by molar-refractivity contribution is 14.1. The van der Waals surface area contributed by atoms with Crippen LogP contribution in [0.1, 0.15) is 5.56 Å². The van der Waals surface area contributed by atoms with Crippen LogP contribution in [0.25, 0.3) is 0 Å². The van der Waals surface area contributed by atoms with E-state index in [1.165, 1.54) is 3.57 Å². The highest BCUT2D eigenvalue weighted by Crippen LogP contribution is 2.15. The van der Waals surface area contributed by atoms with Gasteiger partial charge in [-0.25, -0.2) is 4.79 Å². The van der Waals surface area contributed by atoms with Crippen molar-refractivity contribution in [2.24, 2.45) is 4.99 Å². The minimum atomic E-state index is -0.991. The van der Waals surface area contributed by atoms with Gasteiger partial charge in [-0.2, -0.15) is 0 Å². The predicted molar refractivity (Wildman–Crippen MR) is 86.0 cm³/mol. The Labute approximate surface area is 130 Å². The molecular formula is C15H12INO3. The van der Waals surface area contributed by atoms with Crippen LogP contribution < -0.4 is 4.74 Å². The molecule has 0 saturated carbocycles. The Morgan fingerprint density at radius 1 is 1.15 bits per heavy atom. The normalized spacial score (nSPS) is 10.7. The van der Waals surface area contributed by atoms with Gasteiger partial charge in [0.1, 0.15) is 5.75 Å². The highest BCUT2D eigenvalue weighted by Gasteiger charge is 1.98. The van der Waals surface area contributed by atoms with E-state index < -0.39 is 5.97 Å². The fourth-order valence-electron chi connectivity index (χ4n) is 1.47. The van der Waals surface area contributed by atoms with Gasteiger partial charge in [-0.15, -0.1) is 0 Å². The third kappa shape index (κ3) is 4.65. The van der Waals surface area contributed by atoms with Gasteiger partial charge in [0.2, 0.25) is 0 Å². The lowest BCUT2D eigenvalue weighted by Gasteiger charge is -2.02. The SMILES string of the molecule is O=C(O)COc1ccc(C=Nc2ccc(I)cc2)cc1. The van der Waals surface area contributed by atoms with Crippen molar-refractivity contribution in [3.8, 4) is 5.75 Å². The largest absolute Gasteiger partial charge is 0.482 e. The van der Waals surface area contributed by atoms with Gasteiger partial charge in [-0.3, -0.25) is 4.99 Å². The van der Waals surface area contributed by atoms with E-state index >= 15 is 0 Å². The van der Waals surface area contributed by atoms with Crippen LogP contribution in [-0.4, -0.2) is 23.9 Å². The summed E-state index contributed by atoms with van der Waals surface area (Å²) in [4.78, 5) is 14.7. The third-order valence-corrected chi connectivity index (χ3v) is 3.15. The number of carboxylic acid groups (broad SMARTS) is 1. The van der Waals surface area contributed by atoms with Crippen LogP contribution in [0.5, 0.6) is 5.75 Å². The predicted octanol–water partition coefficient (Wildman–Crippen LogP) is 3.51. The van der Waals surface area contributed by atoms with E-state index in [9.17, 15) is 4.79 Å². The zero-order chi connectivity index (χ0) is 14.4. The van der Waals surface area contributed by atoms with E-state index in [1.54, 1.807) is 18.3 Å². The summed E-state index contributed by atoms with van der Waals surface area (Å²) in [6, 6.07) is 15.0. The molecule has 0 heterocycles. The average molecular weight is 381 g/mol. The Kier molecular flexibility index (Phi) is 5.11. The lowest BCUT2D eigenvalue weighted by atomic mass is 10.2. The van der Waals surface area contributed by atoms with Gasteiger partial charge in [0.05, 0.1) is 5.69 Å². The molecule has 0 aliphatic rings. The first-order chi connectivity index (χ1) is 9.63. The van der Waals surface area contributed by atoms with Crippen LogP contribution >= 0.6 is 22.6 Å². The van der Waals surface area contributed by atoms with Gasteiger partial charge >= 0.3 is 5.97 Å². The standard InChI is InChI=1S/C15H12INO3/c16-12-3-5-13(6-4-12)17-9-11-1-7-14(8-2-11)20-10-15(18)19/h1-9H,10H2,(H,18,19). The summed E-state index contributed by atoms with van der Waals surface area (Å²) in [5, 5.41) is 8.51. The fraction of sp³-hybridized carbons (Fsp3) is 0.0667. The van der Waals surface area contributed by atoms with Crippen LogP contribution in [0.2, 0.25) is 0 Å². The number of hydrogen-bond acceptors (Lipinski definition) is 3. The zero-order valence-corrected chi connectivity index (χ0v) is 12.6. The highest BCUT2D eigenvalue weighted by atomic mass is 127. The summed E-state index contributed by atoms with van der Waals surface area (Å²) in [7, 11) is 0. The van der Waals surface area contributed by atoms with E-state index in [4.69, 9.17) is 9.84 Å². The summed E-state index contributed by atoms with van der Waals surface area (Å²) < 4.78 is 6.22. The first-order valence-electron chi connectivity index (χ1n) is 5.88. The first-order valence-corrected chi connectivity index (χ1v) is 6.96. The molecule has 0 aliphatic carbocycles. The third-order valence-electron chi connectivity index (χ3n) is 2.43. The first kappa shape index (κ1) is 14.5. The van der Waals surface area contributed by atoms with Crippen LogP contribution in [0.4, 0.5) is 5.69 Å². The molecule has 20 heavy (non-hydrogen) atoms. The van der Waals surface area contributed by atoms with Gasteiger partial charge in [-0.05, 0) is 76.7 Å². The molecule has 0 radical (unpaired) electrons. The second-order valence-corrected chi connectivity index (χ2v) is 5.23. The van der Waals surface area contributed by atoms with Gasteiger partial charge in [-0.1, -0.05) is 0 Å². The van der Waals surface area contributed by atoms with Crippen LogP contribution in [0, 0.1) is 3.57 Å². The quantitative estimate of drug-likeness (QED) is 0.637. The van der Waals surface area contributed by atoms with Crippen molar-refractivity contribution in [1.29, 1.82) is 0 Å². The Balaban J connectivity index is 1.99. The van der Waals surface area contributed by atoms with Crippen molar-refractivity contribution in [2.75, 3.05) is 6.61 Å². The number of benzene rings is 2. The second kappa shape index (κ2) is 7.04. The fourth-order valence-corrected chi connectivity index (χ4v) is 1.83. The number of aliphatic carboxylic acids is 1. The zero-order valence-electron chi connectivity index (χ0n) is 10.5. The minimum Gasteiger partial charge on any atom is -0.482 e. The molecule has 2 aromatic carbocycles. The topological polar surface area (TPSA) is 58.9 Å². The Hall–Kier alpha value is -1.89. The van der Waals surface area contributed by atoms with E-state index in [0.717, 1.165) is 11.3 Å². The number of carboxylic acids is 1. The molecule has 0 aliphatic heterocycles. The second-order valence-electron chi connectivity index (χ2n) is 3.99. The van der Waals surface area contributed by atoms with Crippen LogP contribution in [0.15, 0.2) is 53.5 Å². The monoisotopic (exact) mass is 381 g/mol. The van der Waals surface area contributed by atoms with Crippen LogP contribution in [-0.2, 0) is 4.79 Å².